The minimum atomic E-state index is -0.883. The quantitative estimate of drug-likeness (QED) is 0.537. The molecule has 0 fully saturated rings. The second-order valence-corrected chi connectivity index (χ2v) is 9.10. The molecule has 30 heavy (non-hydrogen) atoms. The number of thiophene rings is 1. The molecule has 0 aliphatic carbocycles. The molecule has 0 spiro atoms. The summed E-state index contributed by atoms with van der Waals surface area (Å²) in [5.74, 6) is -1.61. The number of ether oxygens (including phenoxy) is 1. The van der Waals surface area contributed by atoms with Gasteiger partial charge in [0.2, 0.25) is 0 Å². The highest BCUT2D eigenvalue weighted by Gasteiger charge is 2.22. The van der Waals surface area contributed by atoms with Crippen molar-refractivity contribution in [1.82, 2.24) is 5.32 Å². The van der Waals surface area contributed by atoms with Crippen LogP contribution in [0.15, 0.2) is 66.7 Å². The lowest BCUT2D eigenvalue weighted by Crippen LogP contribution is -2.31. The molecule has 156 valence electrons. The van der Waals surface area contributed by atoms with Gasteiger partial charge in [0.15, 0.2) is 0 Å². The first-order valence-electron chi connectivity index (χ1n) is 9.66. The van der Waals surface area contributed by atoms with E-state index in [1.54, 1.807) is 11.3 Å². The summed E-state index contributed by atoms with van der Waals surface area (Å²) in [5, 5.41) is 12.6. The lowest BCUT2D eigenvalue weighted by atomic mass is 9.90. The molecule has 0 radical (unpaired) electrons. The summed E-state index contributed by atoms with van der Waals surface area (Å²) in [6.07, 6.45) is -0.452. The van der Waals surface area contributed by atoms with E-state index in [9.17, 15) is 14.7 Å². The molecule has 0 bridgehead atoms. The molecule has 0 aliphatic heterocycles. The number of amides is 1. The standard InChI is InChI=1S/C24H25NO4S/c1-24(2,3)29-23(28)25-15-19-12-13-20(30-19)17-10-7-11-18(14-17)21(22(26)27)16-8-5-4-6-9-16/h4-14,21H,15H2,1-3H3,(H,25,28)(H,26,27). The van der Waals surface area contributed by atoms with Crippen LogP contribution in [-0.2, 0) is 16.1 Å². The van der Waals surface area contributed by atoms with Crippen LogP contribution < -0.4 is 5.32 Å². The van der Waals surface area contributed by atoms with Crippen molar-refractivity contribution in [2.45, 2.75) is 38.8 Å². The molecule has 2 aromatic carbocycles. The molecular weight excluding hydrogens is 398 g/mol. The lowest BCUT2D eigenvalue weighted by molar-refractivity contribution is -0.137. The van der Waals surface area contributed by atoms with Crippen molar-refractivity contribution in [2.24, 2.45) is 0 Å². The van der Waals surface area contributed by atoms with E-state index < -0.39 is 23.6 Å². The highest BCUT2D eigenvalue weighted by atomic mass is 32.1. The van der Waals surface area contributed by atoms with Crippen molar-refractivity contribution in [2.75, 3.05) is 0 Å². The van der Waals surface area contributed by atoms with Crippen molar-refractivity contribution < 1.29 is 19.4 Å². The number of hydrogen-bond donors (Lipinski definition) is 2. The van der Waals surface area contributed by atoms with Gasteiger partial charge in [-0.25, -0.2) is 4.79 Å². The van der Waals surface area contributed by atoms with Gasteiger partial charge in [-0.15, -0.1) is 11.3 Å². The molecule has 5 nitrogen and oxygen atoms in total. The summed E-state index contributed by atoms with van der Waals surface area (Å²) < 4.78 is 5.26. The summed E-state index contributed by atoms with van der Waals surface area (Å²) in [5.41, 5.74) is 1.89. The van der Waals surface area contributed by atoms with E-state index in [1.807, 2.05) is 87.5 Å². The second-order valence-electron chi connectivity index (χ2n) is 7.93. The summed E-state index contributed by atoms with van der Waals surface area (Å²) >= 11 is 1.55. The summed E-state index contributed by atoms with van der Waals surface area (Å²) in [6, 6.07) is 20.8. The van der Waals surface area contributed by atoms with Gasteiger partial charge < -0.3 is 15.2 Å². The maximum Gasteiger partial charge on any atom is 0.407 e. The smallest absolute Gasteiger partial charge is 0.407 e. The van der Waals surface area contributed by atoms with Crippen molar-refractivity contribution in [3.63, 3.8) is 0 Å². The zero-order chi connectivity index (χ0) is 21.7. The number of benzene rings is 2. The molecule has 1 aromatic heterocycles. The summed E-state index contributed by atoms with van der Waals surface area (Å²) in [6.45, 7) is 5.84. The van der Waals surface area contributed by atoms with Crippen LogP contribution in [0.4, 0.5) is 4.79 Å². The number of carbonyl (C=O) groups excluding carboxylic acids is 1. The Morgan fingerprint density at radius 2 is 1.70 bits per heavy atom. The molecule has 3 aromatic rings. The Kier molecular flexibility index (Phi) is 6.57. The first-order chi connectivity index (χ1) is 14.2. The zero-order valence-corrected chi connectivity index (χ0v) is 18.0. The highest BCUT2D eigenvalue weighted by Crippen LogP contribution is 2.32. The van der Waals surface area contributed by atoms with Gasteiger partial charge in [-0.2, -0.15) is 0 Å². The van der Waals surface area contributed by atoms with Gasteiger partial charge in [0.25, 0.3) is 0 Å². The third-order valence-corrected chi connectivity index (χ3v) is 5.49. The minimum Gasteiger partial charge on any atom is -0.481 e. The van der Waals surface area contributed by atoms with Gasteiger partial charge >= 0.3 is 12.1 Å². The normalized spacial score (nSPS) is 12.2. The number of nitrogens with one attached hydrogen (secondary N) is 1. The number of aliphatic carboxylic acids is 1. The maximum atomic E-state index is 12.0. The van der Waals surface area contributed by atoms with Gasteiger partial charge in [-0.05, 0) is 55.7 Å². The average Bonchev–Trinajstić information content (AvgIpc) is 3.15. The maximum absolute atomic E-state index is 12.0. The van der Waals surface area contributed by atoms with Crippen LogP contribution in [0.25, 0.3) is 10.4 Å². The Bertz CT molecular complexity index is 1020. The number of carbonyl (C=O) groups is 2. The van der Waals surface area contributed by atoms with Crippen LogP contribution in [-0.4, -0.2) is 22.8 Å². The fourth-order valence-electron chi connectivity index (χ4n) is 3.10. The molecule has 1 atom stereocenters. The van der Waals surface area contributed by atoms with Gasteiger partial charge in [0.05, 0.1) is 6.54 Å². The number of alkyl carbamates (subject to hydrolysis) is 1. The molecule has 1 amide bonds. The van der Waals surface area contributed by atoms with Crippen LogP contribution in [0.5, 0.6) is 0 Å². The van der Waals surface area contributed by atoms with E-state index in [0.717, 1.165) is 26.4 Å². The topological polar surface area (TPSA) is 75.6 Å². The van der Waals surface area contributed by atoms with E-state index in [1.165, 1.54) is 0 Å². The lowest BCUT2D eigenvalue weighted by Gasteiger charge is -2.19. The predicted octanol–water partition coefficient (Wildman–Crippen LogP) is 5.66. The van der Waals surface area contributed by atoms with E-state index >= 15 is 0 Å². The monoisotopic (exact) mass is 423 g/mol. The molecule has 1 heterocycles. The van der Waals surface area contributed by atoms with E-state index in [0.29, 0.717) is 6.54 Å². The van der Waals surface area contributed by atoms with Crippen LogP contribution in [0.1, 0.15) is 42.7 Å². The summed E-state index contributed by atoms with van der Waals surface area (Å²) in [7, 11) is 0. The Labute approximate surface area is 180 Å². The van der Waals surface area contributed by atoms with E-state index in [2.05, 4.69) is 5.32 Å². The third kappa shape index (κ3) is 5.70. The van der Waals surface area contributed by atoms with Gasteiger partial charge in [0.1, 0.15) is 11.5 Å². The molecular formula is C24H25NO4S. The van der Waals surface area contributed by atoms with Crippen molar-refractivity contribution in [1.29, 1.82) is 0 Å². The molecule has 1 unspecified atom stereocenters. The van der Waals surface area contributed by atoms with Gasteiger partial charge in [-0.3, -0.25) is 4.79 Å². The van der Waals surface area contributed by atoms with Crippen LogP contribution >= 0.6 is 11.3 Å². The second kappa shape index (κ2) is 9.13. The van der Waals surface area contributed by atoms with Crippen molar-refractivity contribution >= 4 is 23.4 Å². The average molecular weight is 424 g/mol. The summed E-state index contributed by atoms with van der Waals surface area (Å²) in [4.78, 5) is 25.8. The van der Waals surface area contributed by atoms with Gasteiger partial charge in [0, 0.05) is 9.75 Å². The molecule has 0 aliphatic rings. The number of carboxylic acid groups (broad SMARTS) is 1. The fraction of sp³-hybridized carbons (Fsp3) is 0.250. The Morgan fingerprint density at radius 3 is 2.37 bits per heavy atom. The van der Waals surface area contributed by atoms with Gasteiger partial charge in [-0.1, -0.05) is 48.5 Å². The number of carboxylic acids is 1. The molecule has 3 rings (SSSR count). The molecule has 0 saturated carbocycles. The van der Waals surface area contributed by atoms with E-state index in [-0.39, 0.29) is 0 Å². The predicted molar refractivity (Wildman–Crippen MR) is 119 cm³/mol. The van der Waals surface area contributed by atoms with Crippen LogP contribution in [0.2, 0.25) is 0 Å². The minimum absolute atomic E-state index is 0.376. The Morgan fingerprint density at radius 1 is 1.00 bits per heavy atom. The van der Waals surface area contributed by atoms with Crippen LogP contribution in [0.3, 0.4) is 0 Å². The first kappa shape index (κ1) is 21.6. The third-order valence-electron chi connectivity index (χ3n) is 4.35. The van der Waals surface area contributed by atoms with Crippen molar-refractivity contribution in [3.8, 4) is 10.4 Å². The first-order valence-corrected chi connectivity index (χ1v) is 10.5. The molecule has 2 N–H and O–H groups in total. The number of rotatable bonds is 6. The Hall–Kier alpha value is -3.12. The Balaban J connectivity index is 1.76. The van der Waals surface area contributed by atoms with Crippen LogP contribution in [0, 0.1) is 0 Å². The molecule has 6 heteroatoms. The fourth-order valence-corrected chi connectivity index (χ4v) is 4.04. The highest BCUT2D eigenvalue weighted by molar-refractivity contribution is 7.15. The number of hydrogen-bond acceptors (Lipinski definition) is 4. The van der Waals surface area contributed by atoms with E-state index in [4.69, 9.17) is 4.74 Å². The zero-order valence-electron chi connectivity index (χ0n) is 17.2. The largest absolute Gasteiger partial charge is 0.481 e. The van der Waals surface area contributed by atoms with Crippen molar-refractivity contribution in [3.05, 3.63) is 82.7 Å². The molecule has 0 saturated heterocycles. The SMILES string of the molecule is CC(C)(C)OC(=O)NCc1ccc(-c2cccc(C(C(=O)O)c3ccccc3)c2)s1.